The minimum atomic E-state index is -3.70. The molecule has 126 valence electrons. The molecule has 1 saturated heterocycles. The summed E-state index contributed by atoms with van der Waals surface area (Å²) < 4.78 is 27.0. The summed E-state index contributed by atoms with van der Waals surface area (Å²) in [4.78, 5) is 6.26. The van der Waals surface area contributed by atoms with E-state index in [2.05, 4.69) is 4.98 Å². The molecule has 2 heterocycles. The first-order valence-corrected chi connectivity index (χ1v) is 9.10. The van der Waals surface area contributed by atoms with Crippen LogP contribution in [0.2, 0.25) is 0 Å². The van der Waals surface area contributed by atoms with Gasteiger partial charge in [0.25, 0.3) is 0 Å². The van der Waals surface area contributed by atoms with Crippen LogP contribution in [-0.4, -0.2) is 43.9 Å². The molecule has 8 heteroatoms. The van der Waals surface area contributed by atoms with Gasteiger partial charge in [0, 0.05) is 32.4 Å². The number of hydrogen-bond acceptors (Lipinski definition) is 6. The van der Waals surface area contributed by atoms with Crippen LogP contribution in [0.5, 0.6) is 0 Å². The molecule has 1 aromatic heterocycles. The monoisotopic (exact) mass is 353 g/mol. The first kappa shape index (κ1) is 16.9. The summed E-state index contributed by atoms with van der Waals surface area (Å²) in [6, 6.07) is 13.6. The highest BCUT2D eigenvalue weighted by molar-refractivity contribution is 7.89. The molecule has 0 bridgehead atoms. The summed E-state index contributed by atoms with van der Waals surface area (Å²) in [6.45, 7) is 1.60. The quantitative estimate of drug-likeness (QED) is 0.825. The first-order valence-electron chi connectivity index (χ1n) is 7.66. The molecule has 0 amide bonds. The average molecular weight is 353 g/mol. The Hall–Kier alpha value is -2.94. The molecular formula is C17H15N5O2S. The average Bonchev–Trinajstić information content (AvgIpc) is 2.68. The Balaban J connectivity index is 1.75. The lowest BCUT2D eigenvalue weighted by molar-refractivity contribution is 0.383. The van der Waals surface area contributed by atoms with Crippen LogP contribution >= 0.6 is 0 Å². The second-order valence-electron chi connectivity index (χ2n) is 5.52. The number of benzene rings is 1. The van der Waals surface area contributed by atoms with Gasteiger partial charge in [-0.3, -0.25) is 0 Å². The third kappa shape index (κ3) is 3.31. The van der Waals surface area contributed by atoms with Crippen molar-refractivity contribution in [2.45, 2.75) is 4.90 Å². The van der Waals surface area contributed by atoms with E-state index in [4.69, 9.17) is 10.5 Å². The zero-order valence-corrected chi connectivity index (χ0v) is 14.1. The Kier molecular flexibility index (Phi) is 4.66. The van der Waals surface area contributed by atoms with Crippen molar-refractivity contribution in [3.8, 4) is 12.1 Å². The Bertz CT molecular complexity index is 950. The van der Waals surface area contributed by atoms with E-state index in [9.17, 15) is 8.42 Å². The summed E-state index contributed by atoms with van der Waals surface area (Å²) in [5.41, 5.74) is 0.636. The zero-order valence-electron chi connectivity index (χ0n) is 13.3. The molecule has 0 N–H and O–H groups in total. The minimum Gasteiger partial charge on any atom is -0.354 e. The lowest BCUT2D eigenvalue weighted by Crippen LogP contribution is -2.49. The SMILES string of the molecule is N#Cc1ccc(N2CCN(S(=O)(=O)c3ccccc3C#N)CC2)nc1. The third-order valence-corrected chi connectivity index (χ3v) is 6.02. The van der Waals surface area contributed by atoms with Gasteiger partial charge in [-0.15, -0.1) is 0 Å². The van der Waals surface area contributed by atoms with Gasteiger partial charge in [0.2, 0.25) is 10.0 Å². The van der Waals surface area contributed by atoms with Crippen molar-refractivity contribution in [1.82, 2.24) is 9.29 Å². The molecule has 0 atom stereocenters. The van der Waals surface area contributed by atoms with Gasteiger partial charge in [-0.2, -0.15) is 14.8 Å². The van der Waals surface area contributed by atoms with Crippen molar-refractivity contribution < 1.29 is 8.42 Å². The summed E-state index contributed by atoms with van der Waals surface area (Å²) >= 11 is 0. The molecule has 0 saturated carbocycles. The topological polar surface area (TPSA) is 101 Å². The number of nitriles is 2. The molecule has 0 radical (unpaired) electrons. The normalized spacial score (nSPS) is 15.4. The van der Waals surface area contributed by atoms with Crippen LogP contribution in [0.25, 0.3) is 0 Å². The Morgan fingerprint density at radius 3 is 2.28 bits per heavy atom. The number of pyridine rings is 1. The van der Waals surface area contributed by atoms with Crippen LogP contribution in [0.15, 0.2) is 47.5 Å². The van der Waals surface area contributed by atoms with Gasteiger partial charge in [0.1, 0.15) is 18.0 Å². The fraction of sp³-hybridized carbons (Fsp3) is 0.235. The van der Waals surface area contributed by atoms with Crippen molar-refractivity contribution in [1.29, 1.82) is 10.5 Å². The number of anilines is 1. The first-order chi connectivity index (χ1) is 12.1. The molecule has 0 unspecified atom stereocenters. The van der Waals surface area contributed by atoms with Crippen LogP contribution < -0.4 is 4.90 Å². The smallest absolute Gasteiger partial charge is 0.244 e. The lowest BCUT2D eigenvalue weighted by Gasteiger charge is -2.34. The van der Waals surface area contributed by atoms with Gasteiger partial charge in [-0.05, 0) is 24.3 Å². The van der Waals surface area contributed by atoms with Crippen molar-refractivity contribution in [2.75, 3.05) is 31.1 Å². The summed E-state index contributed by atoms with van der Waals surface area (Å²) in [6.07, 6.45) is 1.50. The maximum atomic E-state index is 12.8. The van der Waals surface area contributed by atoms with E-state index < -0.39 is 10.0 Å². The summed E-state index contributed by atoms with van der Waals surface area (Å²) in [5.74, 6) is 0.716. The molecule has 0 aliphatic carbocycles. The fourth-order valence-electron chi connectivity index (χ4n) is 2.72. The number of piperazine rings is 1. The Labute approximate surface area is 146 Å². The van der Waals surface area contributed by atoms with E-state index in [1.165, 1.54) is 22.6 Å². The van der Waals surface area contributed by atoms with Gasteiger partial charge >= 0.3 is 0 Å². The van der Waals surface area contributed by atoms with Gasteiger partial charge in [0.05, 0.1) is 16.0 Å². The van der Waals surface area contributed by atoms with E-state index in [-0.39, 0.29) is 10.5 Å². The van der Waals surface area contributed by atoms with Gasteiger partial charge < -0.3 is 4.90 Å². The van der Waals surface area contributed by atoms with Gasteiger partial charge in [-0.25, -0.2) is 13.4 Å². The highest BCUT2D eigenvalue weighted by atomic mass is 32.2. The maximum absolute atomic E-state index is 12.8. The highest BCUT2D eigenvalue weighted by Crippen LogP contribution is 2.22. The van der Waals surface area contributed by atoms with Crippen molar-refractivity contribution in [3.63, 3.8) is 0 Å². The molecule has 2 aromatic rings. The minimum absolute atomic E-state index is 0.0439. The second-order valence-corrected chi connectivity index (χ2v) is 7.42. The largest absolute Gasteiger partial charge is 0.354 e. The Morgan fingerprint density at radius 2 is 1.68 bits per heavy atom. The Morgan fingerprint density at radius 1 is 0.960 bits per heavy atom. The molecule has 1 aromatic carbocycles. The molecule has 7 nitrogen and oxygen atoms in total. The van der Waals surface area contributed by atoms with Crippen LogP contribution in [0, 0.1) is 22.7 Å². The standard InChI is InChI=1S/C17H15N5O2S/c18-11-14-5-6-17(20-13-14)21-7-9-22(10-8-21)25(23,24)16-4-2-1-3-15(16)12-19/h1-6,13H,7-10H2. The molecule has 1 fully saturated rings. The van der Waals surface area contributed by atoms with Crippen LogP contribution in [0.3, 0.4) is 0 Å². The second kappa shape index (κ2) is 6.89. The van der Waals surface area contributed by atoms with E-state index in [1.54, 1.807) is 24.3 Å². The fourth-order valence-corrected chi connectivity index (χ4v) is 4.28. The van der Waals surface area contributed by atoms with E-state index in [0.29, 0.717) is 37.6 Å². The van der Waals surface area contributed by atoms with Crippen molar-refractivity contribution in [3.05, 3.63) is 53.7 Å². The van der Waals surface area contributed by atoms with Crippen molar-refractivity contribution in [2.24, 2.45) is 0 Å². The molecule has 1 aliphatic rings. The summed E-state index contributed by atoms with van der Waals surface area (Å²) in [7, 11) is -3.70. The summed E-state index contributed by atoms with van der Waals surface area (Å²) in [5, 5.41) is 18.0. The van der Waals surface area contributed by atoms with E-state index >= 15 is 0 Å². The molecule has 1 aliphatic heterocycles. The predicted molar refractivity (Wildman–Crippen MR) is 91.1 cm³/mol. The number of sulfonamides is 1. The number of rotatable bonds is 3. The van der Waals surface area contributed by atoms with Crippen LogP contribution in [0.1, 0.15) is 11.1 Å². The van der Waals surface area contributed by atoms with Crippen molar-refractivity contribution >= 4 is 15.8 Å². The number of hydrogen-bond donors (Lipinski definition) is 0. The predicted octanol–water partition coefficient (Wildman–Crippen LogP) is 1.34. The number of nitrogens with zero attached hydrogens (tertiary/aromatic N) is 5. The molecule has 3 rings (SSSR count). The lowest BCUT2D eigenvalue weighted by atomic mass is 10.2. The van der Waals surface area contributed by atoms with Gasteiger partial charge in [0.15, 0.2) is 0 Å². The van der Waals surface area contributed by atoms with E-state index in [0.717, 1.165) is 0 Å². The maximum Gasteiger partial charge on any atom is 0.244 e. The number of aromatic nitrogens is 1. The van der Waals surface area contributed by atoms with E-state index in [1.807, 2.05) is 17.0 Å². The highest BCUT2D eigenvalue weighted by Gasteiger charge is 2.30. The molecular weight excluding hydrogens is 338 g/mol. The third-order valence-electron chi connectivity index (χ3n) is 4.06. The van der Waals surface area contributed by atoms with Gasteiger partial charge in [-0.1, -0.05) is 12.1 Å². The van der Waals surface area contributed by atoms with Crippen LogP contribution in [-0.2, 0) is 10.0 Å². The molecule has 0 spiro atoms. The zero-order chi connectivity index (χ0) is 17.9. The van der Waals surface area contributed by atoms with Crippen LogP contribution in [0.4, 0.5) is 5.82 Å². The molecule has 25 heavy (non-hydrogen) atoms.